The quantitative estimate of drug-likeness (QED) is 0.529. The van der Waals surface area contributed by atoms with Gasteiger partial charge in [-0.2, -0.15) is 0 Å². The summed E-state index contributed by atoms with van der Waals surface area (Å²) in [7, 11) is 0. The maximum absolute atomic E-state index is 11.9. The SMILES string of the molecule is CCCC1CC1NC(=O)c1cc(NN)ccn1. The summed E-state index contributed by atoms with van der Waals surface area (Å²) in [5, 5.41) is 2.99. The van der Waals surface area contributed by atoms with Crippen LogP contribution in [-0.4, -0.2) is 16.9 Å². The molecule has 0 saturated heterocycles. The molecule has 2 atom stereocenters. The summed E-state index contributed by atoms with van der Waals surface area (Å²) in [6.07, 6.45) is 5.01. The van der Waals surface area contributed by atoms with Crippen LogP contribution in [-0.2, 0) is 0 Å². The molecule has 1 aromatic heterocycles. The molecule has 2 rings (SSSR count). The molecule has 4 N–H and O–H groups in total. The average molecular weight is 234 g/mol. The Morgan fingerprint density at radius 2 is 2.47 bits per heavy atom. The van der Waals surface area contributed by atoms with Crippen LogP contribution in [0.5, 0.6) is 0 Å². The smallest absolute Gasteiger partial charge is 0.270 e. The fraction of sp³-hybridized carbons (Fsp3) is 0.500. The van der Waals surface area contributed by atoms with Crippen LogP contribution in [0.15, 0.2) is 18.3 Å². The molecule has 17 heavy (non-hydrogen) atoms. The second kappa shape index (κ2) is 5.14. The van der Waals surface area contributed by atoms with Crippen molar-refractivity contribution in [3.05, 3.63) is 24.0 Å². The summed E-state index contributed by atoms with van der Waals surface area (Å²) in [6.45, 7) is 2.16. The number of rotatable bonds is 5. The van der Waals surface area contributed by atoms with E-state index in [-0.39, 0.29) is 5.91 Å². The second-order valence-corrected chi connectivity index (χ2v) is 4.44. The molecule has 5 heteroatoms. The number of carbonyl (C=O) groups is 1. The summed E-state index contributed by atoms with van der Waals surface area (Å²) in [5.74, 6) is 5.82. The van der Waals surface area contributed by atoms with Crippen molar-refractivity contribution < 1.29 is 4.79 Å². The van der Waals surface area contributed by atoms with Gasteiger partial charge in [-0.3, -0.25) is 15.6 Å². The van der Waals surface area contributed by atoms with E-state index in [0.29, 0.717) is 23.3 Å². The Bertz CT molecular complexity index is 407. The van der Waals surface area contributed by atoms with Gasteiger partial charge in [0.05, 0.1) is 5.69 Å². The van der Waals surface area contributed by atoms with Gasteiger partial charge in [0, 0.05) is 12.2 Å². The molecular formula is C12H18N4O. The molecule has 0 spiro atoms. The molecular weight excluding hydrogens is 216 g/mol. The number of pyridine rings is 1. The molecule has 0 bridgehead atoms. The largest absolute Gasteiger partial charge is 0.348 e. The van der Waals surface area contributed by atoms with Gasteiger partial charge in [0.15, 0.2) is 0 Å². The number of aromatic nitrogens is 1. The van der Waals surface area contributed by atoms with E-state index in [4.69, 9.17) is 5.84 Å². The van der Waals surface area contributed by atoms with Crippen LogP contribution >= 0.6 is 0 Å². The molecule has 0 aromatic carbocycles. The minimum Gasteiger partial charge on any atom is -0.348 e. The van der Waals surface area contributed by atoms with Crippen molar-refractivity contribution in [3.8, 4) is 0 Å². The molecule has 0 aliphatic heterocycles. The summed E-state index contributed by atoms with van der Waals surface area (Å²) in [5.41, 5.74) is 3.59. The highest BCUT2D eigenvalue weighted by Crippen LogP contribution is 2.34. The van der Waals surface area contributed by atoms with Crippen LogP contribution in [0.25, 0.3) is 0 Å². The van der Waals surface area contributed by atoms with Crippen LogP contribution < -0.4 is 16.6 Å². The summed E-state index contributed by atoms with van der Waals surface area (Å²) in [6, 6.07) is 3.69. The molecule has 2 unspecified atom stereocenters. The molecule has 92 valence electrons. The van der Waals surface area contributed by atoms with E-state index in [1.54, 1.807) is 18.3 Å². The third-order valence-electron chi connectivity index (χ3n) is 3.06. The number of nitrogens with one attached hydrogen (secondary N) is 2. The van der Waals surface area contributed by atoms with Crippen molar-refractivity contribution in [2.24, 2.45) is 11.8 Å². The van der Waals surface area contributed by atoms with E-state index in [0.717, 1.165) is 6.42 Å². The van der Waals surface area contributed by atoms with Crippen LogP contribution in [0.3, 0.4) is 0 Å². The zero-order valence-electron chi connectivity index (χ0n) is 9.94. The number of nitrogen functional groups attached to an aromatic ring is 1. The maximum Gasteiger partial charge on any atom is 0.270 e. The van der Waals surface area contributed by atoms with Crippen molar-refractivity contribution in [1.82, 2.24) is 10.3 Å². The molecule has 1 aliphatic carbocycles. The van der Waals surface area contributed by atoms with Crippen molar-refractivity contribution in [2.45, 2.75) is 32.2 Å². The lowest BCUT2D eigenvalue weighted by Gasteiger charge is -2.05. The standard InChI is InChI=1S/C12H18N4O/c1-2-3-8-6-10(8)15-12(17)11-7-9(16-13)4-5-14-11/h4-5,7-8,10H,2-3,6,13H2,1H3,(H,14,16)(H,15,17). The van der Waals surface area contributed by atoms with Gasteiger partial charge in [-0.25, -0.2) is 0 Å². The summed E-state index contributed by atoms with van der Waals surface area (Å²) < 4.78 is 0. The lowest BCUT2D eigenvalue weighted by Crippen LogP contribution is -2.27. The Balaban J connectivity index is 1.91. The highest BCUT2D eigenvalue weighted by Gasteiger charge is 2.37. The number of anilines is 1. The van der Waals surface area contributed by atoms with Gasteiger partial charge in [-0.1, -0.05) is 13.3 Å². The number of hydrazine groups is 1. The topological polar surface area (TPSA) is 80.0 Å². The third kappa shape index (κ3) is 2.94. The van der Waals surface area contributed by atoms with Crippen molar-refractivity contribution >= 4 is 11.6 Å². The molecule has 0 radical (unpaired) electrons. The van der Waals surface area contributed by atoms with E-state index in [2.05, 4.69) is 22.7 Å². The Labute approximate surface area is 101 Å². The molecule has 1 aliphatic rings. The fourth-order valence-corrected chi connectivity index (χ4v) is 2.00. The number of hydrogen-bond donors (Lipinski definition) is 3. The molecule has 1 aromatic rings. The van der Waals surface area contributed by atoms with Gasteiger partial charge in [-0.15, -0.1) is 0 Å². The van der Waals surface area contributed by atoms with E-state index in [9.17, 15) is 4.79 Å². The zero-order valence-corrected chi connectivity index (χ0v) is 9.94. The molecule has 1 saturated carbocycles. The number of amides is 1. The van der Waals surface area contributed by atoms with E-state index >= 15 is 0 Å². The van der Waals surface area contributed by atoms with Crippen LogP contribution in [0.1, 0.15) is 36.7 Å². The van der Waals surface area contributed by atoms with Gasteiger partial charge in [-0.05, 0) is 30.9 Å². The van der Waals surface area contributed by atoms with Crippen molar-refractivity contribution in [2.75, 3.05) is 5.43 Å². The predicted octanol–water partition coefficient (Wildman–Crippen LogP) is 1.29. The van der Waals surface area contributed by atoms with Crippen molar-refractivity contribution in [3.63, 3.8) is 0 Å². The van der Waals surface area contributed by atoms with Gasteiger partial charge in [0.25, 0.3) is 5.91 Å². The normalized spacial score (nSPS) is 22.0. The van der Waals surface area contributed by atoms with Crippen molar-refractivity contribution in [1.29, 1.82) is 0 Å². The number of nitrogens with two attached hydrogens (primary N) is 1. The Kier molecular flexibility index (Phi) is 3.58. The third-order valence-corrected chi connectivity index (χ3v) is 3.06. The highest BCUT2D eigenvalue weighted by atomic mass is 16.2. The first-order valence-corrected chi connectivity index (χ1v) is 5.98. The van der Waals surface area contributed by atoms with E-state index in [1.807, 2.05) is 0 Å². The molecule has 1 amide bonds. The number of hydrogen-bond acceptors (Lipinski definition) is 4. The zero-order chi connectivity index (χ0) is 12.3. The van der Waals surface area contributed by atoms with Gasteiger partial charge in [0.2, 0.25) is 0 Å². The van der Waals surface area contributed by atoms with Gasteiger partial charge >= 0.3 is 0 Å². The highest BCUT2D eigenvalue weighted by molar-refractivity contribution is 5.93. The predicted molar refractivity (Wildman–Crippen MR) is 66.3 cm³/mol. The van der Waals surface area contributed by atoms with Crippen LogP contribution in [0.2, 0.25) is 0 Å². The Hall–Kier alpha value is -1.62. The lowest BCUT2D eigenvalue weighted by molar-refractivity contribution is 0.0944. The van der Waals surface area contributed by atoms with Gasteiger partial charge in [0.1, 0.15) is 5.69 Å². The van der Waals surface area contributed by atoms with Crippen LogP contribution in [0, 0.1) is 5.92 Å². The summed E-state index contributed by atoms with van der Waals surface area (Å²) >= 11 is 0. The first-order valence-electron chi connectivity index (χ1n) is 5.98. The lowest BCUT2D eigenvalue weighted by atomic mass is 10.2. The monoisotopic (exact) mass is 234 g/mol. The van der Waals surface area contributed by atoms with Crippen LogP contribution in [0.4, 0.5) is 5.69 Å². The first-order chi connectivity index (χ1) is 8.24. The van der Waals surface area contributed by atoms with E-state index < -0.39 is 0 Å². The fourth-order valence-electron chi connectivity index (χ4n) is 2.00. The minimum atomic E-state index is -0.120. The minimum absolute atomic E-state index is 0.120. The first kappa shape index (κ1) is 11.9. The second-order valence-electron chi connectivity index (χ2n) is 4.44. The number of nitrogens with zero attached hydrogens (tertiary/aromatic N) is 1. The molecule has 5 nitrogen and oxygen atoms in total. The van der Waals surface area contributed by atoms with Gasteiger partial charge < -0.3 is 10.7 Å². The average Bonchev–Trinajstić information content (AvgIpc) is 3.08. The number of carbonyl (C=O) groups excluding carboxylic acids is 1. The Morgan fingerprint density at radius 1 is 1.65 bits per heavy atom. The molecule has 1 heterocycles. The maximum atomic E-state index is 11.9. The van der Waals surface area contributed by atoms with E-state index in [1.165, 1.54) is 12.8 Å². The molecule has 1 fully saturated rings. The Morgan fingerprint density at radius 3 is 3.18 bits per heavy atom. The summed E-state index contributed by atoms with van der Waals surface area (Å²) in [4.78, 5) is 15.9.